The summed E-state index contributed by atoms with van der Waals surface area (Å²) >= 11 is 0. The molecule has 0 bridgehead atoms. The van der Waals surface area contributed by atoms with Gasteiger partial charge in [-0.2, -0.15) is 0 Å². The number of nitrogens with one attached hydrogen (secondary N) is 2. The quantitative estimate of drug-likeness (QED) is 0.448. The lowest BCUT2D eigenvalue weighted by Gasteiger charge is -2.12. The van der Waals surface area contributed by atoms with E-state index in [1.54, 1.807) is 13.0 Å². The van der Waals surface area contributed by atoms with Crippen molar-refractivity contribution < 1.29 is 17.6 Å². The van der Waals surface area contributed by atoms with Crippen molar-refractivity contribution in [3.8, 4) is 0 Å². The van der Waals surface area contributed by atoms with Crippen molar-refractivity contribution in [3.05, 3.63) is 89.6 Å². The molecule has 0 aliphatic rings. The monoisotopic (exact) mass is 453 g/mol. The van der Waals surface area contributed by atoms with Crippen LogP contribution in [0.1, 0.15) is 21.7 Å². The molecule has 32 heavy (non-hydrogen) atoms. The van der Waals surface area contributed by atoms with Crippen LogP contribution in [0.2, 0.25) is 0 Å². The molecule has 10 heteroatoms. The van der Waals surface area contributed by atoms with Gasteiger partial charge < -0.3 is 5.32 Å². The second-order valence-electron chi connectivity index (χ2n) is 7.14. The number of hydrogen-bond acceptors (Lipinski definition) is 5. The van der Waals surface area contributed by atoms with E-state index in [1.807, 2.05) is 28.8 Å². The Morgan fingerprint density at radius 1 is 1.06 bits per heavy atom. The zero-order chi connectivity index (χ0) is 22.7. The number of pyridine rings is 1. The average molecular weight is 453 g/mol. The van der Waals surface area contributed by atoms with Gasteiger partial charge in [0.2, 0.25) is 0 Å². The summed E-state index contributed by atoms with van der Waals surface area (Å²) < 4.78 is 42.7. The maximum Gasteiger partial charge on any atom is 0.261 e. The van der Waals surface area contributed by atoms with Gasteiger partial charge in [0, 0.05) is 30.4 Å². The number of carbonyl (C=O) groups excluding carboxylic acids is 1. The molecule has 2 aromatic heterocycles. The first-order valence-electron chi connectivity index (χ1n) is 9.79. The molecule has 0 radical (unpaired) electrons. The van der Waals surface area contributed by atoms with Crippen LogP contribution in [-0.4, -0.2) is 35.5 Å². The molecule has 0 unspecified atom stereocenters. The van der Waals surface area contributed by atoms with Gasteiger partial charge in [0.15, 0.2) is 5.65 Å². The SMILES string of the molecule is Cc1ccc(S(=O)(=O)Nc2ccc(F)cc2)cc1C(=O)NCCc1nnc2ccccn12. The van der Waals surface area contributed by atoms with E-state index in [2.05, 4.69) is 20.2 Å². The standard InChI is InChI=1S/C22H20FN5O3S/c1-15-5-10-18(32(30,31)27-17-8-6-16(23)7-9-17)14-19(15)22(29)24-12-11-21-26-25-20-4-2-3-13-28(20)21/h2-10,13-14,27H,11-12H2,1H3,(H,24,29). The van der Waals surface area contributed by atoms with Crippen LogP contribution in [-0.2, 0) is 16.4 Å². The number of aryl methyl sites for hydroxylation is 1. The van der Waals surface area contributed by atoms with Crippen LogP contribution in [0, 0.1) is 12.7 Å². The number of carbonyl (C=O) groups is 1. The molecule has 0 aliphatic heterocycles. The zero-order valence-electron chi connectivity index (χ0n) is 17.1. The van der Waals surface area contributed by atoms with Crippen molar-refractivity contribution in [1.82, 2.24) is 19.9 Å². The topological polar surface area (TPSA) is 105 Å². The minimum absolute atomic E-state index is 0.0685. The normalized spacial score (nSPS) is 11.4. The highest BCUT2D eigenvalue weighted by molar-refractivity contribution is 7.92. The van der Waals surface area contributed by atoms with Crippen molar-refractivity contribution in [1.29, 1.82) is 0 Å². The van der Waals surface area contributed by atoms with Crippen molar-refractivity contribution in [2.45, 2.75) is 18.2 Å². The van der Waals surface area contributed by atoms with Gasteiger partial charge in [-0.25, -0.2) is 12.8 Å². The number of halogens is 1. The smallest absolute Gasteiger partial charge is 0.261 e. The molecule has 0 saturated heterocycles. The molecule has 1 amide bonds. The molecule has 0 fully saturated rings. The molecule has 0 saturated carbocycles. The lowest BCUT2D eigenvalue weighted by atomic mass is 10.1. The van der Waals surface area contributed by atoms with Gasteiger partial charge in [-0.05, 0) is 61.0 Å². The van der Waals surface area contributed by atoms with Crippen LogP contribution in [0.5, 0.6) is 0 Å². The number of aromatic nitrogens is 3. The van der Waals surface area contributed by atoms with Crippen molar-refractivity contribution >= 4 is 27.3 Å². The second-order valence-corrected chi connectivity index (χ2v) is 8.82. The largest absolute Gasteiger partial charge is 0.352 e. The number of rotatable bonds is 7. The maximum atomic E-state index is 13.1. The second kappa shape index (κ2) is 8.75. The fourth-order valence-corrected chi connectivity index (χ4v) is 4.27. The van der Waals surface area contributed by atoms with E-state index in [-0.39, 0.29) is 16.1 Å². The van der Waals surface area contributed by atoms with Crippen molar-refractivity contribution in [2.24, 2.45) is 0 Å². The van der Waals surface area contributed by atoms with Gasteiger partial charge >= 0.3 is 0 Å². The van der Waals surface area contributed by atoms with Crippen LogP contribution >= 0.6 is 0 Å². The van der Waals surface area contributed by atoms with Gasteiger partial charge in [-0.15, -0.1) is 10.2 Å². The van der Waals surface area contributed by atoms with Crippen LogP contribution in [0.25, 0.3) is 5.65 Å². The fourth-order valence-electron chi connectivity index (χ4n) is 3.19. The van der Waals surface area contributed by atoms with E-state index < -0.39 is 21.7 Å². The minimum Gasteiger partial charge on any atom is -0.352 e. The summed E-state index contributed by atoms with van der Waals surface area (Å²) in [5.41, 5.74) is 1.82. The van der Waals surface area contributed by atoms with Crippen LogP contribution in [0.3, 0.4) is 0 Å². The molecule has 0 spiro atoms. The molecule has 4 rings (SSSR count). The van der Waals surface area contributed by atoms with Gasteiger partial charge in [-0.3, -0.25) is 13.9 Å². The number of sulfonamides is 1. The first-order valence-corrected chi connectivity index (χ1v) is 11.3. The molecule has 2 heterocycles. The average Bonchev–Trinajstić information content (AvgIpc) is 3.18. The zero-order valence-corrected chi connectivity index (χ0v) is 17.9. The third-order valence-electron chi connectivity index (χ3n) is 4.88. The van der Waals surface area contributed by atoms with Gasteiger partial charge in [-0.1, -0.05) is 12.1 Å². The van der Waals surface area contributed by atoms with E-state index >= 15 is 0 Å². The number of nitrogens with zero attached hydrogens (tertiary/aromatic N) is 3. The van der Waals surface area contributed by atoms with Crippen LogP contribution in [0.4, 0.5) is 10.1 Å². The Morgan fingerprint density at radius 2 is 1.84 bits per heavy atom. The minimum atomic E-state index is -3.95. The van der Waals surface area contributed by atoms with Crippen molar-refractivity contribution in [2.75, 3.05) is 11.3 Å². The Bertz CT molecular complexity index is 1380. The van der Waals surface area contributed by atoms with E-state index in [0.717, 1.165) is 17.8 Å². The first kappa shape index (κ1) is 21.4. The Morgan fingerprint density at radius 3 is 2.62 bits per heavy atom. The highest BCUT2D eigenvalue weighted by Gasteiger charge is 2.18. The lowest BCUT2D eigenvalue weighted by Crippen LogP contribution is -2.27. The molecule has 0 aliphatic carbocycles. The molecular weight excluding hydrogens is 433 g/mol. The Kier molecular flexibility index (Phi) is 5.87. The fraction of sp³-hybridized carbons (Fsp3) is 0.136. The summed E-state index contributed by atoms with van der Waals surface area (Å²) in [6.07, 6.45) is 2.30. The predicted molar refractivity (Wildman–Crippen MR) is 117 cm³/mol. The van der Waals surface area contributed by atoms with E-state index in [1.165, 1.54) is 24.3 Å². The van der Waals surface area contributed by atoms with E-state index in [9.17, 15) is 17.6 Å². The number of amides is 1. The highest BCUT2D eigenvalue weighted by atomic mass is 32.2. The third-order valence-corrected chi connectivity index (χ3v) is 6.26. The highest BCUT2D eigenvalue weighted by Crippen LogP contribution is 2.20. The molecule has 0 atom stereocenters. The summed E-state index contributed by atoms with van der Waals surface area (Å²) in [5, 5.41) is 11.0. The summed E-state index contributed by atoms with van der Waals surface area (Å²) in [7, 11) is -3.95. The molecule has 8 nitrogen and oxygen atoms in total. The predicted octanol–water partition coefficient (Wildman–Crippen LogP) is 2.95. The van der Waals surface area contributed by atoms with Crippen LogP contribution < -0.4 is 10.0 Å². The number of benzene rings is 2. The van der Waals surface area contributed by atoms with Gasteiger partial charge in [0.1, 0.15) is 11.6 Å². The summed E-state index contributed by atoms with van der Waals surface area (Å²) in [4.78, 5) is 12.7. The van der Waals surface area contributed by atoms with Crippen LogP contribution in [0.15, 0.2) is 71.8 Å². The number of fused-ring (bicyclic) bond motifs is 1. The lowest BCUT2D eigenvalue weighted by molar-refractivity contribution is 0.0953. The molecule has 2 aromatic carbocycles. The Balaban J connectivity index is 1.46. The maximum absolute atomic E-state index is 13.1. The molecule has 4 aromatic rings. The Hall–Kier alpha value is -3.79. The van der Waals surface area contributed by atoms with E-state index in [4.69, 9.17) is 0 Å². The molecular formula is C22H20FN5O3S. The summed E-state index contributed by atoms with van der Waals surface area (Å²) in [6.45, 7) is 2.03. The van der Waals surface area contributed by atoms with E-state index in [0.29, 0.717) is 24.4 Å². The third kappa shape index (κ3) is 4.59. The number of anilines is 1. The van der Waals surface area contributed by atoms with Crippen molar-refractivity contribution in [3.63, 3.8) is 0 Å². The summed E-state index contributed by atoms with van der Waals surface area (Å²) in [6, 6.07) is 14.8. The summed E-state index contributed by atoms with van der Waals surface area (Å²) in [5.74, 6) is -0.158. The first-order chi connectivity index (χ1) is 15.3. The number of hydrogen-bond donors (Lipinski definition) is 2. The Labute approximate surface area is 184 Å². The molecule has 2 N–H and O–H groups in total. The van der Waals surface area contributed by atoms with Gasteiger partial charge in [0.25, 0.3) is 15.9 Å². The molecule has 164 valence electrons. The van der Waals surface area contributed by atoms with Gasteiger partial charge in [0.05, 0.1) is 4.90 Å².